The smallest absolute Gasteiger partial charge is 0.248 e. The second kappa shape index (κ2) is 11.3. The molecule has 31 heavy (non-hydrogen) atoms. The standard InChI is InChI=1S/C21H32ClN3O5S/c1-15(2)13-18(21(27)25-11-5-4-6-12-25)19(20(26)23-28)14-24(3)31(29,30)17-9-7-16(22)8-10-17/h7-10,15,18-19,28H,4-6,11-14H2,1-3H3,(H,23,26)/t18-,19+/m1/s1. The van der Waals surface area contributed by atoms with Crippen LogP contribution in [-0.4, -0.2) is 61.3 Å². The molecule has 2 N–H and O–H groups in total. The number of nitrogens with zero attached hydrogens (tertiary/aromatic N) is 2. The Bertz CT molecular complexity index is 854. The van der Waals surface area contributed by atoms with Gasteiger partial charge < -0.3 is 4.90 Å². The van der Waals surface area contributed by atoms with Gasteiger partial charge in [0.2, 0.25) is 21.8 Å². The molecule has 0 spiro atoms. The molecule has 1 aromatic rings. The first kappa shape index (κ1) is 25.6. The number of nitrogens with one attached hydrogen (secondary N) is 1. The number of carbonyl (C=O) groups is 2. The monoisotopic (exact) mass is 473 g/mol. The average molecular weight is 474 g/mol. The molecule has 1 saturated heterocycles. The fraction of sp³-hybridized carbons (Fsp3) is 0.619. The molecule has 8 nitrogen and oxygen atoms in total. The van der Waals surface area contributed by atoms with Gasteiger partial charge in [-0.05, 0) is 55.9 Å². The van der Waals surface area contributed by atoms with Crippen LogP contribution < -0.4 is 5.48 Å². The summed E-state index contributed by atoms with van der Waals surface area (Å²) in [6.07, 6.45) is 3.27. The maximum Gasteiger partial charge on any atom is 0.248 e. The van der Waals surface area contributed by atoms with Gasteiger partial charge in [-0.15, -0.1) is 0 Å². The number of benzene rings is 1. The Kier molecular flexibility index (Phi) is 9.29. The second-order valence-corrected chi connectivity index (χ2v) is 10.9. The molecular weight excluding hydrogens is 442 g/mol. The highest BCUT2D eigenvalue weighted by Crippen LogP contribution is 2.28. The van der Waals surface area contributed by atoms with Crippen LogP contribution in [0.3, 0.4) is 0 Å². The molecular formula is C21H32ClN3O5S. The fourth-order valence-corrected chi connectivity index (χ4v) is 5.25. The number of sulfonamides is 1. The molecule has 1 aliphatic rings. The van der Waals surface area contributed by atoms with Crippen molar-refractivity contribution in [2.75, 3.05) is 26.7 Å². The highest BCUT2D eigenvalue weighted by molar-refractivity contribution is 7.89. The van der Waals surface area contributed by atoms with E-state index in [2.05, 4.69) is 0 Å². The summed E-state index contributed by atoms with van der Waals surface area (Å²) in [4.78, 5) is 27.7. The number of carbonyl (C=O) groups excluding carboxylic acids is 2. The van der Waals surface area contributed by atoms with Gasteiger partial charge in [0.05, 0.1) is 16.7 Å². The molecule has 10 heteroatoms. The van der Waals surface area contributed by atoms with Crippen LogP contribution in [0.5, 0.6) is 0 Å². The van der Waals surface area contributed by atoms with Gasteiger partial charge in [0, 0.05) is 31.7 Å². The summed E-state index contributed by atoms with van der Waals surface area (Å²) in [5.41, 5.74) is 1.63. The van der Waals surface area contributed by atoms with Crippen molar-refractivity contribution in [3.05, 3.63) is 29.3 Å². The summed E-state index contributed by atoms with van der Waals surface area (Å²) < 4.78 is 27.0. The van der Waals surface area contributed by atoms with Crippen molar-refractivity contribution in [1.82, 2.24) is 14.7 Å². The molecule has 0 unspecified atom stereocenters. The maximum absolute atomic E-state index is 13.3. The zero-order valence-corrected chi connectivity index (χ0v) is 19.8. The van der Waals surface area contributed by atoms with Crippen molar-refractivity contribution in [1.29, 1.82) is 0 Å². The number of hydrogen-bond acceptors (Lipinski definition) is 5. The van der Waals surface area contributed by atoms with Crippen molar-refractivity contribution in [3.63, 3.8) is 0 Å². The number of hydroxylamine groups is 1. The molecule has 1 aromatic carbocycles. The van der Waals surface area contributed by atoms with Crippen LogP contribution in [0.15, 0.2) is 29.2 Å². The molecule has 0 saturated carbocycles. The predicted molar refractivity (Wildman–Crippen MR) is 118 cm³/mol. The molecule has 1 fully saturated rings. The number of rotatable bonds is 9. The SMILES string of the molecule is CC(C)C[C@@H](C(=O)N1CCCCC1)[C@H](CN(C)S(=O)(=O)c1ccc(Cl)cc1)C(=O)NO. The zero-order valence-electron chi connectivity index (χ0n) is 18.3. The van der Waals surface area contributed by atoms with E-state index < -0.39 is 27.8 Å². The molecule has 174 valence electrons. The number of amides is 2. The zero-order chi connectivity index (χ0) is 23.2. The van der Waals surface area contributed by atoms with Gasteiger partial charge in [0.1, 0.15) is 0 Å². The minimum atomic E-state index is -3.92. The summed E-state index contributed by atoms with van der Waals surface area (Å²) in [5, 5.41) is 9.74. The number of hydrogen-bond donors (Lipinski definition) is 2. The van der Waals surface area contributed by atoms with E-state index >= 15 is 0 Å². The summed E-state index contributed by atoms with van der Waals surface area (Å²) in [7, 11) is -2.56. The van der Waals surface area contributed by atoms with Gasteiger partial charge in [-0.1, -0.05) is 25.4 Å². The van der Waals surface area contributed by atoms with E-state index in [1.54, 1.807) is 10.4 Å². The van der Waals surface area contributed by atoms with Gasteiger partial charge >= 0.3 is 0 Å². The average Bonchev–Trinajstić information content (AvgIpc) is 2.75. The summed E-state index contributed by atoms with van der Waals surface area (Å²) in [6.45, 7) is 4.89. The van der Waals surface area contributed by atoms with Crippen LogP contribution in [0.2, 0.25) is 5.02 Å². The molecule has 0 aliphatic carbocycles. The Morgan fingerprint density at radius 3 is 2.23 bits per heavy atom. The number of piperidine rings is 1. The minimum Gasteiger partial charge on any atom is -0.342 e. The maximum atomic E-state index is 13.3. The van der Waals surface area contributed by atoms with E-state index in [0.717, 1.165) is 23.6 Å². The van der Waals surface area contributed by atoms with Crippen molar-refractivity contribution < 1.29 is 23.2 Å². The molecule has 1 aliphatic heterocycles. The van der Waals surface area contributed by atoms with Gasteiger partial charge in [0.25, 0.3) is 0 Å². The van der Waals surface area contributed by atoms with Crippen molar-refractivity contribution in [2.45, 2.75) is 44.4 Å². The lowest BCUT2D eigenvalue weighted by Gasteiger charge is -2.35. The highest BCUT2D eigenvalue weighted by atomic mass is 35.5. The van der Waals surface area contributed by atoms with Crippen LogP contribution >= 0.6 is 11.6 Å². The summed E-state index contributed by atoms with van der Waals surface area (Å²) in [6, 6.07) is 5.73. The Hall–Kier alpha value is -1.68. The van der Waals surface area contributed by atoms with Crippen molar-refractivity contribution in [3.8, 4) is 0 Å². The van der Waals surface area contributed by atoms with Crippen LogP contribution in [0.1, 0.15) is 39.5 Å². The molecule has 0 radical (unpaired) electrons. The Labute approximate surface area is 189 Å². The van der Waals surface area contributed by atoms with E-state index in [0.29, 0.717) is 24.5 Å². The predicted octanol–water partition coefficient (Wildman–Crippen LogP) is 2.76. The molecule has 2 rings (SSSR count). The first-order valence-corrected chi connectivity index (χ1v) is 12.3. The third-order valence-corrected chi connectivity index (χ3v) is 7.71. The van der Waals surface area contributed by atoms with Crippen molar-refractivity contribution >= 4 is 33.4 Å². The minimum absolute atomic E-state index is 0.0327. The lowest BCUT2D eigenvalue weighted by Crippen LogP contribution is -2.49. The Balaban J connectivity index is 2.32. The highest BCUT2D eigenvalue weighted by Gasteiger charge is 2.39. The van der Waals surface area contributed by atoms with Crippen LogP contribution in [0, 0.1) is 17.8 Å². The lowest BCUT2D eigenvalue weighted by atomic mass is 9.83. The topological polar surface area (TPSA) is 107 Å². The van der Waals surface area contributed by atoms with Gasteiger partial charge in [-0.2, -0.15) is 0 Å². The molecule has 0 aromatic heterocycles. The normalized spacial score (nSPS) is 16.9. The van der Waals surface area contributed by atoms with Gasteiger partial charge in [-0.3, -0.25) is 14.8 Å². The lowest BCUT2D eigenvalue weighted by molar-refractivity contribution is -0.146. The summed E-state index contributed by atoms with van der Waals surface area (Å²) >= 11 is 5.85. The molecule has 1 heterocycles. The molecule has 2 amide bonds. The fourth-order valence-electron chi connectivity index (χ4n) is 3.93. The van der Waals surface area contributed by atoms with Crippen LogP contribution in [0.4, 0.5) is 0 Å². The number of likely N-dealkylation sites (tertiary alicyclic amines) is 1. The van der Waals surface area contributed by atoms with Crippen LogP contribution in [0.25, 0.3) is 0 Å². The van der Waals surface area contributed by atoms with E-state index in [4.69, 9.17) is 11.6 Å². The third-order valence-electron chi connectivity index (χ3n) is 5.62. The van der Waals surface area contributed by atoms with Crippen molar-refractivity contribution in [2.24, 2.45) is 17.8 Å². The molecule has 0 bridgehead atoms. The van der Waals surface area contributed by atoms with E-state index in [9.17, 15) is 23.2 Å². The number of halogens is 1. The van der Waals surface area contributed by atoms with Gasteiger partial charge in [0.15, 0.2) is 0 Å². The van der Waals surface area contributed by atoms with Crippen LogP contribution in [-0.2, 0) is 19.6 Å². The Morgan fingerprint density at radius 2 is 1.71 bits per heavy atom. The second-order valence-electron chi connectivity index (χ2n) is 8.44. The van der Waals surface area contributed by atoms with E-state index in [1.165, 1.54) is 31.3 Å². The quantitative estimate of drug-likeness (QED) is 0.423. The van der Waals surface area contributed by atoms with E-state index in [1.807, 2.05) is 13.8 Å². The van der Waals surface area contributed by atoms with E-state index in [-0.39, 0.29) is 23.3 Å². The third kappa shape index (κ3) is 6.65. The van der Waals surface area contributed by atoms with Gasteiger partial charge in [-0.25, -0.2) is 18.2 Å². The summed E-state index contributed by atoms with van der Waals surface area (Å²) in [5.74, 6) is -2.61. The first-order chi connectivity index (χ1) is 14.6. The largest absolute Gasteiger partial charge is 0.342 e. The Morgan fingerprint density at radius 1 is 1.13 bits per heavy atom. The molecule has 2 atom stereocenters. The first-order valence-electron chi connectivity index (χ1n) is 10.5.